The van der Waals surface area contributed by atoms with E-state index in [1.807, 2.05) is 36.9 Å². The smallest absolute Gasteiger partial charge is 0.282 e. The normalized spacial score (nSPS) is 17.1. The quantitative estimate of drug-likeness (QED) is 0.440. The number of aryl methyl sites for hydroxylation is 2. The van der Waals surface area contributed by atoms with Crippen molar-refractivity contribution in [2.24, 2.45) is 0 Å². The third-order valence-electron chi connectivity index (χ3n) is 5.36. The van der Waals surface area contributed by atoms with E-state index >= 15 is 0 Å². The highest BCUT2D eigenvalue weighted by molar-refractivity contribution is 6.45. The van der Waals surface area contributed by atoms with Crippen LogP contribution in [0.25, 0.3) is 5.57 Å². The van der Waals surface area contributed by atoms with Crippen LogP contribution in [0.4, 0.5) is 11.4 Å². The monoisotopic (exact) mass is 407 g/mol. The molecule has 0 unspecified atom stereocenters. The summed E-state index contributed by atoms with van der Waals surface area (Å²) < 4.78 is 5.40. The summed E-state index contributed by atoms with van der Waals surface area (Å²) in [5, 5.41) is 11.0. The molecule has 2 aliphatic rings. The number of amides is 2. The van der Waals surface area contributed by atoms with Crippen molar-refractivity contribution in [3.63, 3.8) is 0 Å². The number of ether oxygens (including phenoxy) is 1. The highest BCUT2D eigenvalue weighted by Crippen LogP contribution is 2.37. The number of benzene rings is 2. The fraction of sp³-hybridized carbons (Fsp3) is 0.273. The average Bonchev–Trinajstić information content (AvgIpc) is 3.00. The maximum absolute atomic E-state index is 13.5. The van der Waals surface area contributed by atoms with Crippen LogP contribution in [-0.2, 0) is 14.3 Å². The fourth-order valence-electron chi connectivity index (χ4n) is 3.79. The summed E-state index contributed by atoms with van der Waals surface area (Å²) in [6.07, 6.45) is 0. The molecule has 2 aromatic rings. The topological polar surface area (TPSA) is 93.0 Å². The number of carbonyl (C=O) groups is 2. The summed E-state index contributed by atoms with van der Waals surface area (Å²) in [6.45, 7) is 5.66. The van der Waals surface area contributed by atoms with E-state index < -0.39 is 10.8 Å². The SMILES string of the molecule is Cc1ccc(C)c(N2C(=O)C(c3ccc([N+](=O)[O-])cc3)=C(N3CCOCC3)C2=O)c1. The van der Waals surface area contributed by atoms with Crippen molar-refractivity contribution in [2.75, 3.05) is 31.2 Å². The highest BCUT2D eigenvalue weighted by atomic mass is 16.6. The Bertz CT molecular complexity index is 1070. The van der Waals surface area contributed by atoms with Gasteiger partial charge in [0.2, 0.25) is 0 Å². The van der Waals surface area contributed by atoms with Gasteiger partial charge >= 0.3 is 0 Å². The van der Waals surface area contributed by atoms with Crippen molar-refractivity contribution in [1.82, 2.24) is 4.90 Å². The molecule has 0 N–H and O–H groups in total. The average molecular weight is 407 g/mol. The van der Waals surface area contributed by atoms with E-state index in [0.717, 1.165) is 11.1 Å². The Labute approximate surface area is 173 Å². The third kappa shape index (κ3) is 3.35. The van der Waals surface area contributed by atoms with Gasteiger partial charge in [0.15, 0.2) is 0 Å². The molecule has 0 aromatic heterocycles. The van der Waals surface area contributed by atoms with Gasteiger partial charge in [0.1, 0.15) is 5.70 Å². The van der Waals surface area contributed by atoms with E-state index in [1.165, 1.54) is 29.2 Å². The van der Waals surface area contributed by atoms with Gasteiger partial charge in [0.25, 0.3) is 17.5 Å². The summed E-state index contributed by atoms with van der Waals surface area (Å²) in [6, 6.07) is 11.4. The Morgan fingerprint density at radius 3 is 2.27 bits per heavy atom. The molecule has 4 rings (SSSR count). The Kier molecular flexibility index (Phi) is 5.09. The van der Waals surface area contributed by atoms with E-state index in [-0.39, 0.29) is 17.2 Å². The number of carbonyl (C=O) groups excluding carboxylic acids is 2. The Morgan fingerprint density at radius 1 is 0.967 bits per heavy atom. The Morgan fingerprint density at radius 2 is 1.63 bits per heavy atom. The molecule has 0 spiro atoms. The first-order valence-electron chi connectivity index (χ1n) is 9.66. The Hall–Kier alpha value is -3.52. The second kappa shape index (κ2) is 7.72. The third-order valence-corrected chi connectivity index (χ3v) is 5.36. The maximum atomic E-state index is 13.5. The molecule has 0 radical (unpaired) electrons. The second-order valence-corrected chi connectivity index (χ2v) is 7.36. The van der Waals surface area contributed by atoms with Crippen LogP contribution in [0.5, 0.6) is 0 Å². The molecule has 2 heterocycles. The number of imide groups is 1. The molecule has 8 heteroatoms. The van der Waals surface area contributed by atoms with Crippen molar-refractivity contribution in [3.8, 4) is 0 Å². The van der Waals surface area contributed by atoms with Gasteiger partial charge in [-0.05, 0) is 48.7 Å². The molecule has 0 atom stereocenters. The van der Waals surface area contributed by atoms with E-state index in [9.17, 15) is 19.7 Å². The first kappa shape index (κ1) is 19.8. The predicted octanol–water partition coefficient (Wildman–Crippen LogP) is 2.83. The van der Waals surface area contributed by atoms with Crippen LogP contribution in [0.15, 0.2) is 48.2 Å². The van der Waals surface area contributed by atoms with Crippen molar-refractivity contribution in [1.29, 1.82) is 0 Å². The molecular formula is C22H21N3O5. The zero-order valence-electron chi connectivity index (χ0n) is 16.8. The molecule has 2 aliphatic heterocycles. The molecular weight excluding hydrogens is 386 g/mol. The number of hydrogen-bond donors (Lipinski definition) is 0. The lowest BCUT2D eigenvalue weighted by Gasteiger charge is -2.29. The van der Waals surface area contributed by atoms with Crippen LogP contribution in [0, 0.1) is 24.0 Å². The molecule has 0 saturated carbocycles. The highest BCUT2D eigenvalue weighted by Gasteiger charge is 2.43. The number of nitro groups is 1. The lowest BCUT2D eigenvalue weighted by Crippen LogP contribution is -2.40. The summed E-state index contributed by atoms with van der Waals surface area (Å²) in [4.78, 5) is 40.6. The molecule has 2 aromatic carbocycles. The van der Waals surface area contributed by atoms with Gasteiger partial charge in [-0.3, -0.25) is 19.7 Å². The van der Waals surface area contributed by atoms with Crippen LogP contribution in [-0.4, -0.2) is 47.9 Å². The lowest BCUT2D eigenvalue weighted by molar-refractivity contribution is -0.384. The van der Waals surface area contributed by atoms with Crippen LogP contribution >= 0.6 is 0 Å². The van der Waals surface area contributed by atoms with Crippen LogP contribution in [0.3, 0.4) is 0 Å². The lowest BCUT2D eigenvalue weighted by atomic mass is 10.0. The van der Waals surface area contributed by atoms with Gasteiger partial charge < -0.3 is 9.64 Å². The van der Waals surface area contributed by atoms with Gasteiger partial charge in [0.05, 0.1) is 29.4 Å². The number of non-ortho nitro benzene ring substituents is 1. The predicted molar refractivity (Wildman–Crippen MR) is 111 cm³/mol. The zero-order chi connectivity index (χ0) is 21.4. The maximum Gasteiger partial charge on any atom is 0.282 e. The van der Waals surface area contributed by atoms with Gasteiger partial charge in [-0.1, -0.05) is 12.1 Å². The van der Waals surface area contributed by atoms with Crippen molar-refractivity contribution in [2.45, 2.75) is 13.8 Å². The molecule has 8 nitrogen and oxygen atoms in total. The molecule has 30 heavy (non-hydrogen) atoms. The van der Waals surface area contributed by atoms with Crippen LogP contribution in [0.2, 0.25) is 0 Å². The Balaban J connectivity index is 1.84. The first-order chi connectivity index (χ1) is 14.4. The minimum absolute atomic E-state index is 0.0737. The molecule has 1 saturated heterocycles. The minimum atomic E-state index is -0.495. The summed E-state index contributed by atoms with van der Waals surface area (Å²) in [5.41, 5.74) is 3.29. The summed E-state index contributed by atoms with van der Waals surface area (Å²) in [7, 11) is 0. The van der Waals surface area contributed by atoms with Crippen LogP contribution in [0.1, 0.15) is 16.7 Å². The first-order valence-corrected chi connectivity index (χ1v) is 9.66. The van der Waals surface area contributed by atoms with Gasteiger partial charge in [0, 0.05) is 25.2 Å². The number of rotatable bonds is 4. The van der Waals surface area contributed by atoms with Crippen molar-refractivity contribution in [3.05, 3.63) is 75.0 Å². The zero-order valence-corrected chi connectivity index (χ0v) is 16.8. The standard InChI is InChI=1S/C22H21N3O5/c1-14-3-4-15(2)18(13-14)24-21(26)19(16-5-7-17(8-6-16)25(28)29)20(22(24)27)23-9-11-30-12-10-23/h3-8,13H,9-12H2,1-2H3. The van der Waals surface area contributed by atoms with Crippen molar-refractivity contribution < 1.29 is 19.2 Å². The largest absolute Gasteiger partial charge is 0.378 e. The second-order valence-electron chi connectivity index (χ2n) is 7.36. The molecule has 0 aliphatic carbocycles. The van der Waals surface area contributed by atoms with Crippen molar-refractivity contribution >= 4 is 28.8 Å². The van der Waals surface area contributed by atoms with Gasteiger partial charge in [-0.2, -0.15) is 0 Å². The van der Waals surface area contributed by atoms with Gasteiger partial charge in [-0.25, -0.2) is 4.90 Å². The molecule has 154 valence electrons. The summed E-state index contributed by atoms with van der Waals surface area (Å²) >= 11 is 0. The fourth-order valence-corrected chi connectivity index (χ4v) is 3.79. The van der Waals surface area contributed by atoms with E-state index in [1.54, 1.807) is 0 Å². The van der Waals surface area contributed by atoms with E-state index in [0.29, 0.717) is 43.3 Å². The molecule has 0 bridgehead atoms. The van der Waals surface area contributed by atoms with Gasteiger partial charge in [-0.15, -0.1) is 0 Å². The number of hydrogen-bond acceptors (Lipinski definition) is 6. The number of nitrogens with zero attached hydrogens (tertiary/aromatic N) is 3. The molecule has 1 fully saturated rings. The van der Waals surface area contributed by atoms with E-state index in [2.05, 4.69) is 0 Å². The minimum Gasteiger partial charge on any atom is -0.378 e. The summed E-state index contributed by atoms with van der Waals surface area (Å²) in [5.74, 6) is -0.812. The number of anilines is 1. The number of nitro benzene ring substituents is 1. The molecule has 2 amide bonds. The number of morpholine rings is 1. The van der Waals surface area contributed by atoms with Crippen LogP contribution < -0.4 is 4.90 Å². The van der Waals surface area contributed by atoms with E-state index in [4.69, 9.17) is 4.74 Å².